The Kier molecular flexibility index (Phi) is 4.88. The number of nitrogens with zero attached hydrogens (tertiary/aromatic N) is 1. The minimum absolute atomic E-state index is 0.126. The lowest BCUT2D eigenvalue weighted by Gasteiger charge is -2.15. The molecule has 1 aliphatic rings. The van der Waals surface area contributed by atoms with Gasteiger partial charge in [0.25, 0.3) is 0 Å². The number of ether oxygens (including phenoxy) is 1. The Labute approximate surface area is 135 Å². The molecule has 0 spiro atoms. The Morgan fingerprint density at radius 3 is 2.96 bits per heavy atom. The van der Waals surface area contributed by atoms with Crippen molar-refractivity contribution in [1.29, 1.82) is 0 Å². The lowest BCUT2D eigenvalue weighted by atomic mass is 10.1. The van der Waals surface area contributed by atoms with Gasteiger partial charge >= 0.3 is 0 Å². The molecule has 23 heavy (non-hydrogen) atoms. The molecule has 1 amide bonds. The van der Waals surface area contributed by atoms with Crippen molar-refractivity contribution in [2.45, 2.75) is 32.0 Å². The minimum Gasteiger partial charge on any atom is -0.489 e. The first-order valence-corrected chi connectivity index (χ1v) is 7.83. The molecule has 1 aromatic carbocycles. The molecular weight excluding hydrogens is 292 g/mol. The highest BCUT2D eigenvalue weighted by atomic mass is 16.5. The third-order valence-corrected chi connectivity index (χ3v) is 4.05. The average Bonchev–Trinajstić information content (AvgIpc) is 3.00. The van der Waals surface area contributed by atoms with Crippen LogP contribution in [0.15, 0.2) is 48.8 Å². The highest BCUT2D eigenvalue weighted by Gasteiger charge is 2.31. The summed E-state index contributed by atoms with van der Waals surface area (Å²) < 4.78 is 5.72. The van der Waals surface area contributed by atoms with Crippen LogP contribution in [0, 0.1) is 5.92 Å². The summed E-state index contributed by atoms with van der Waals surface area (Å²) >= 11 is 0. The number of pyridine rings is 1. The van der Waals surface area contributed by atoms with E-state index in [2.05, 4.69) is 10.3 Å². The number of benzene rings is 1. The fourth-order valence-electron chi connectivity index (χ4n) is 2.80. The summed E-state index contributed by atoms with van der Waals surface area (Å²) in [5.74, 6) is 0.244. The number of aromatic nitrogens is 1. The summed E-state index contributed by atoms with van der Waals surface area (Å²) in [7, 11) is 0. The Morgan fingerprint density at radius 2 is 2.22 bits per heavy atom. The molecule has 5 heteroatoms. The fraction of sp³-hybridized carbons (Fsp3) is 0.333. The Hall–Kier alpha value is -2.40. The molecule has 5 nitrogen and oxygen atoms in total. The predicted molar refractivity (Wildman–Crippen MR) is 87.0 cm³/mol. The molecule has 1 heterocycles. The topological polar surface area (TPSA) is 71.5 Å². The summed E-state index contributed by atoms with van der Waals surface area (Å²) in [6.07, 6.45) is 5.29. The van der Waals surface area contributed by atoms with Gasteiger partial charge in [-0.25, -0.2) is 0 Å². The second-order valence-electron chi connectivity index (χ2n) is 5.77. The molecule has 2 N–H and O–H groups in total. The fourth-order valence-corrected chi connectivity index (χ4v) is 2.80. The highest BCUT2D eigenvalue weighted by Crippen LogP contribution is 2.27. The van der Waals surface area contributed by atoms with Gasteiger partial charge in [0.05, 0.1) is 12.0 Å². The first kappa shape index (κ1) is 15.5. The zero-order valence-corrected chi connectivity index (χ0v) is 12.8. The van der Waals surface area contributed by atoms with Gasteiger partial charge in [-0.15, -0.1) is 0 Å². The lowest BCUT2D eigenvalue weighted by Crippen LogP contribution is -2.28. The van der Waals surface area contributed by atoms with Crippen molar-refractivity contribution in [2.24, 2.45) is 5.92 Å². The van der Waals surface area contributed by atoms with Gasteiger partial charge in [0.1, 0.15) is 12.4 Å². The Balaban J connectivity index is 1.60. The van der Waals surface area contributed by atoms with E-state index in [0.29, 0.717) is 24.5 Å². The number of aliphatic hydroxyl groups is 1. The standard InChI is InChI=1S/C18H20N2O3/c21-17-8-2-7-16(17)18(22)20-14-5-1-6-15(10-14)23-12-13-4-3-9-19-11-13/h1,3-6,9-11,16-17,21H,2,7-8,12H2,(H,20,22). The second-order valence-corrected chi connectivity index (χ2v) is 5.77. The van der Waals surface area contributed by atoms with Gasteiger partial charge in [-0.2, -0.15) is 0 Å². The van der Waals surface area contributed by atoms with Crippen LogP contribution in [0.25, 0.3) is 0 Å². The van der Waals surface area contributed by atoms with Crippen molar-refractivity contribution in [3.63, 3.8) is 0 Å². The Bertz CT molecular complexity index is 660. The molecule has 0 aliphatic heterocycles. The third-order valence-electron chi connectivity index (χ3n) is 4.05. The van der Waals surface area contributed by atoms with Crippen molar-refractivity contribution in [2.75, 3.05) is 5.32 Å². The van der Waals surface area contributed by atoms with Crippen molar-refractivity contribution < 1.29 is 14.6 Å². The van der Waals surface area contributed by atoms with Crippen molar-refractivity contribution in [3.8, 4) is 5.75 Å². The van der Waals surface area contributed by atoms with E-state index in [4.69, 9.17) is 4.74 Å². The van der Waals surface area contributed by atoms with Crippen LogP contribution in [0.3, 0.4) is 0 Å². The van der Waals surface area contributed by atoms with Crippen LogP contribution in [-0.2, 0) is 11.4 Å². The summed E-state index contributed by atoms with van der Waals surface area (Å²) in [6.45, 7) is 0.423. The molecule has 1 saturated carbocycles. The zero-order valence-electron chi connectivity index (χ0n) is 12.8. The maximum absolute atomic E-state index is 12.2. The zero-order chi connectivity index (χ0) is 16.1. The summed E-state index contributed by atoms with van der Waals surface area (Å²) in [5.41, 5.74) is 1.66. The average molecular weight is 312 g/mol. The highest BCUT2D eigenvalue weighted by molar-refractivity contribution is 5.93. The van der Waals surface area contributed by atoms with E-state index in [0.717, 1.165) is 18.4 Å². The van der Waals surface area contributed by atoms with E-state index in [9.17, 15) is 9.90 Å². The van der Waals surface area contributed by atoms with E-state index in [-0.39, 0.29) is 11.8 Å². The monoisotopic (exact) mass is 312 g/mol. The first-order chi connectivity index (χ1) is 11.2. The van der Waals surface area contributed by atoms with Crippen LogP contribution in [0.2, 0.25) is 0 Å². The van der Waals surface area contributed by atoms with E-state index < -0.39 is 6.10 Å². The first-order valence-electron chi connectivity index (χ1n) is 7.83. The predicted octanol–water partition coefficient (Wildman–Crippen LogP) is 2.76. The molecule has 2 atom stereocenters. The summed E-state index contributed by atoms with van der Waals surface area (Å²) in [4.78, 5) is 16.2. The van der Waals surface area contributed by atoms with Crippen molar-refractivity contribution in [1.82, 2.24) is 4.98 Å². The van der Waals surface area contributed by atoms with Crippen LogP contribution in [-0.4, -0.2) is 22.1 Å². The van der Waals surface area contributed by atoms with E-state index in [1.807, 2.05) is 30.3 Å². The normalized spacial score (nSPS) is 20.2. The minimum atomic E-state index is -0.528. The number of hydrogen-bond acceptors (Lipinski definition) is 4. The van der Waals surface area contributed by atoms with Crippen LogP contribution >= 0.6 is 0 Å². The molecule has 1 aliphatic carbocycles. The SMILES string of the molecule is O=C(Nc1cccc(OCc2cccnc2)c1)C1CCCC1O. The van der Waals surface area contributed by atoms with Crippen molar-refractivity contribution in [3.05, 3.63) is 54.4 Å². The molecule has 0 saturated heterocycles. The van der Waals surface area contributed by atoms with Crippen molar-refractivity contribution >= 4 is 11.6 Å². The van der Waals surface area contributed by atoms with Gasteiger partial charge in [0.15, 0.2) is 0 Å². The number of anilines is 1. The molecule has 3 rings (SSSR count). The van der Waals surface area contributed by atoms with Gasteiger partial charge in [0, 0.05) is 29.7 Å². The molecule has 1 fully saturated rings. The largest absolute Gasteiger partial charge is 0.489 e. The molecule has 2 aromatic rings. The van der Waals surface area contributed by atoms with Gasteiger partial charge in [-0.05, 0) is 37.5 Å². The molecule has 120 valence electrons. The number of carbonyl (C=O) groups is 1. The number of aliphatic hydroxyl groups excluding tert-OH is 1. The second kappa shape index (κ2) is 7.24. The van der Waals surface area contributed by atoms with Gasteiger partial charge in [0.2, 0.25) is 5.91 Å². The number of carbonyl (C=O) groups excluding carboxylic acids is 1. The van der Waals surface area contributed by atoms with E-state index >= 15 is 0 Å². The van der Waals surface area contributed by atoms with Crippen LogP contribution in [0.4, 0.5) is 5.69 Å². The Morgan fingerprint density at radius 1 is 1.30 bits per heavy atom. The van der Waals surface area contributed by atoms with Crippen LogP contribution < -0.4 is 10.1 Å². The maximum Gasteiger partial charge on any atom is 0.230 e. The smallest absolute Gasteiger partial charge is 0.230 e. The summed E-state index contributed by atoms with van der Waals surface area (Å²) in [6, 6.07) is 11.1. The number of hydrogen-bond donors (Lipinski definition) is 2. The number of amides is 1. The van der Waals surface area contributed by atoms with Gasteiger partial charge in [-0.1, -0.05) is 12.1 Å². The van der Waals surface area contributed by atoms with Gasteiger partial charge in [-0.3, -0.25) is 9.78 Å². The number of nitrogens with one attached hydrogen (secondary N) is 1. The van der Waals surface area contributed by atoms with E-state index in [1.165, 1.54) is 0 Å². The van der Waals surface area contributed by atoms with Gasteiger partial charge < -0.3 is 15.2 Å². The molecular formula is C18H20N2O3. The lowest BCUT2D eigenvalue weighted by molar-refractivity contribution is -0.122. The molecule has 0 radical (unpaired) electrons. The van der Waals surface area contributed by atoms with Crippen LogP contribution in [0.1, 0.15) is 24.8 Å². The molecule has 2 unspecified atom stereocenters. The molecule has 1 aromatic heterocycles. The molecule has 0 bridgehead atoms. The van der Waals surface area contributed by atoms with Crippen LogP contribution in [0.5, 0.6) is 5.75 Å². The van der Waals surface area contributed by atoms with E-state index in [1.54, 1.807) is 18.5 Å². The summed E-state index contributed by atoms with van der Waals surface area (Å²) in [5, 5.41) is 12.7. The quantitative estimate of drug-likeness (QED) is 0.890. The number of rotatable bonds is 5. The maximum atomic E-state index is 12.2. The third kappa shape index (κ3) is 4.07.